The van der Waals surface area contributed by atoms with Gasteiger partial charge in [-0.05, 0) is 17.1 Å². The third kappa shape index (κ3) is 4.07. The first-order chi connectivity index (χ1) is 10.5. The van der Waals surface area contributed by atoms with Gasteiger partial charge < -0.3 is 4.74 Å². The molecule has 0 amide bonds. The Kier molecular flexibility index (Phi) is 5.14. The summed E-state index contributed by atoms with van der Waals surface area (Å²) in [5, 5.41) is 10.7. The summed E-state index contributed by atoms with van der Waals surface area (Å²) in [6, 6.07) is 11.3. The van der Waals surface area contributed by atoms with Gasteiger partial charge in [0.15, 0.2) is 6.71 Å². The molecule has 0 N–H and O–H groups in total. The number of halogens is 1. The van der Waals surface area contributed by atoms with Crippen LogP contribution < -0.4 is 10.2 Å². The molecule has 0 atom stereocenters. The average Bonchev–Trinajstić information content (AvgIpc) is 2.47. The highest BCUT2D eigenvalue weighted by molar-refractivity contribution is 6.70. The van der Waals surface area contributed by atoms with Crippen LogP contribution in [-0.4, -0.2) is 18.2 Å². The van der Waals surface area contributed by atoms with E-state index in [4.69, 9.17) is 4.74 Å². The van der Waals surface area contributed by atoms with E-state index in [9.17, 15) is 14.5 Å². The molecule has 6 heteroatoms. The molecule has 4 nitrogen and oxygen atoms in total. The summed E-state index contributed by atoms with van der Waals surface area (Å²) in [6.45, 7) is 4.32. The minimum atomic E-state index is -0.426. The van der Waals surface area contributed by atoms with Crippen molar-refractivity contribution in [1.29, 1.82) is 0 Å². The van der Waals surface area contributed by atoms with Gasteiger partial charge in [-0.1, -0.05) is 31.8 Å². The van der Waals surface area contributed by atoms with Gasteiger partial charge in [0.2, 0.25) is 0 Å². The highest BCUT2D eigenvalue weighted by Gasteiger charge is 2.10. The van der Waals surface area contributed by atoms with E-state index in [0.29, 0.717) is 24.2 Å². The Morgan fingerprint density at radius 1 is 1.23 bits per heavy atom. The van der Waals surface area contributed by atoms with E-state index >= 15 is 0 Å². The fourth-order valence-corrected chi connectivity index (χ4v) is 2.18. The average molecular weight is 301 g/mol. The van der Waals surface area contributed by atoms with Crippen molar-refractivity contribution in [3.63, 3.8) is 0 Å². The Labute approximate surface area is 129 Å². The van der Waals surface area contributed by atoms with Gasteiger partial charge in [-0.15, -0.1) is 0 Å². The van der Waals surface area contributed by atoms with Crippen molar-refractivity contribution in [3.8, 4) is 5.75 Å². The smallest absolute Gasteiger partial charge is 0.269 e. The van der Waals surface area contributed by atoms with Crippen molar-refractivity contribution in [2.24, 2.45) is 0 Å². The lowest BCUT2D eigenvalue weighted by atomic mass is 9.49. The van der Waals surface area contributed by atoms with Gasteiger partial charge in [-0.25, -0.2) is 4.39 Å². The van der Waals surface area contributed by atoms with Gasteiger partial charge >= 0.3 is 0 Å². The van der Waals surface area contributed by atoms with Gasteiger partial charge in [-0.2, -0.15) is 0 Å². The van der Waals surface area contributed by atoms with E-state index in [1.807, 2.05) is 13.6 Å². The van der Waals surface area contributed by atoms with Crippen LogP contribution in [0.3, 0.4) is 0 Å². The zero-order valence-corrected chi connectivity index (χ0v) is 12.6. The summed E-state index contributed by atoms with van der Waals surface area (Å²) in [5.74, 6) is 0.190. The van der Waals surface area contributed by atoms with Gasteiger partial charge in [-0.3, -0.25) is 10.1 Å². The lowest BCUT2D eigenvalue weighted by molar-refractivity contribution is -0.384. The molecule has 0 bridgehead atoms. The number of hydrogen-bond donors (Lipinski definition) is 0. The van der Waals surface area contributed by atoms with Crippen LogP contribution in [0.4, 0.5) is 10.1 Å². The molecule has 0 aromatic heterocycles. The maximum Gasteiger partial charge on any atom is 0.269 e. The highest BCUT2D eigenvalue weighted by atomic mass is 19.1. The van der Waals surface area contributed by atoms with Crippen molar-refractivity contribution in [1.82, 2.24) is 0 Å². The van der Waals surface area contributed by atoms with Crippen LogP contribution in [0.2, 0.25) is 13.6 Å². The molecule has 0 aliphatic carbocycles. The first kappa shape index (κ1) is 16.0. The van der Waals surface area contributed by atoms with Crippen molar-refractivity contribution >= 4 is 17.9 Å². The lowest BCUT2D eigenvalue weighted by Gasteiger charge is -2.09. The van der Waals surface area contributed by atoms with E-state index in [1.165, 1.54) is 18.2 Å². The Bertz CT molecular complexity index is 676. The van der Waals surface area contributed by atoms with Crippen molar-refractivity contribution in [2.45, 2.75) is 20.1 Å². The first-order valence-corrected chi connectivity index (χ1v) is 7.13. The molecule has 0 unspecified atom stereocenters. The Morgan fingerprint density at radius 3 is 2.64 bits per heavy atom. The standard InChI is InChI=1S/C16H17BFNO3/c1-17(2)15-7-6-14(11-16(15)18)22-9-8-12-4-3-5-13(10-12)19(20)21/h3-7,10-11H,8-9H2,1-2H3. The number of nitro benzene ring substituents is 1. The van der Waals surface area contributed by atoms with Crippen molar-refractivity contribution in [3.05, 3.63) is 64.0 Å². The monoisotopic (exact) mass is 301 g/mol. The highest BCUT2D eigenvalue weighted by Crippen LogP contribution is 2.15. The van der Waals surface area contributed by atoms with Gasteiger partial charge in [0, 0.05) is 24.6 Å². The summed E-state index contributed by atoms with van der Waals surface area (Å²) in [4.78, 5) is 10.3. The topological polar surface area (TPSA) is 52.4 Å². The minimum absolute atomic E-state index is 0.0600. The second kappa shape index (κ2) is 7.07. The number of ether oxygens (including phenoxy) is 1. The molecule has 0 saturated carbocycles. The molecular weight excluding hydrogens is 284 g/mol. The predicted octanol–water partition coefficient (Wildman–Crippen LogP) is 3.32. The van der Waals surface area contributed by atoms with E-state index in [0.717, 1.165) is 5.56 Å². The number of benzene rings is 2. The van der Waals surface area contributed by atoms with Crippen LogP contribution in [0.5, 0.6) is 5.75 Å². The maximum atomic E-state index is 13.8. The number of nitro groups is 1. The fourth-order valence-electron chi connectivity index (χ4n) is 2.18. The number of hydrogen-bond acceptors (Lipinski definition) is 3. The number of rotatable bonds is 6. The van der Waals surface area contributed by atoms with Crippen LogP contribution in [0, 0.1) is 15.9 Å². The summed E-state index contributed by atoms with van der Waals surface area (Å²) >= 11 is 0. The Hall–Kier alpha value is -2.37. The second-order valence-corrected chi connectivity index (χ2v) is 5.36. The van der Waals surface area contributed by atoms with E-state index < -0.39 is 4.92 Å². The van der Waals surface area contributed by atoms with Gasteiger partial charge in [0.1, 0.15) is 11.6 Å². The maximum absolute atomic E-state index is 13.8. The molecule has 2 aromatic carbocycles. The van der Waals surface area contributed by atoms with E-state index in [2.05, 4.69) is 0 Å². The predicted molar refractivity (Wildman–Crippen MR) is 85.8 cm³/mol. The molecule has 2 aromatic rings. The molecule has 22 heavy (non-hydrogen) atoms. The molecule has 2 rings (SSSR count). The van der Waals surface area contributed by atoms with Crippen LogP contribution in [0.25, 0.3) is 0 Å². The van der Waals surface area contributed by atoms with E-state index in [1.54, 1.807) is 24.3 Å². The van der Waals surface area contributed by atoms with Crippen LogP contribution in [0.15, 0.2) is 42.5 Å². The number of nitrogens with zero attached hydrogens (tertiary/aromatic N) is 1. The molecule has 0 aliphatic heterocycles. The third-order valence-corrected chi connectivity index (χ3v) is 3.37. The molecule has 0 heterocycles. The van der Waals surface area contributed by atoms with Crippen molar-refractivity contribution in [2.75, 3.05) is 6.61 Å². The molecule has 0 aliphatic rings. The molecule has 114 valence electrons. The zero-order chi connectivity index (χ0) is 16.1. The van der Waals surface area contributed by atoms with Crippen LogP contribution >= 0.6 is 0 Å². The summed E-state index contributed by atoms with van der Waals surface area (Å²) in [6.07, 6.45) is 0.523. The third-order valence-electron chi connectivity index (χ3n) is 3.37. The summed E-state index contributed by atoms with van der Waals surface area (Å²) in [5.41, 5.74) is 1.53. The van der Waals surface area contributed by atoms with Gasteiger partial charge in [0.25, 0.3) is 5.69 Å². The zero-order valence-electron chi connectivity index (χ0n) is 12.6. The molecule has 0 fully saturated rings. The molecule has 0 radical (unpaired) electrons. The Balaban J connectivity index is 1.95. The van der Waals surface area contributed by atoms with Gasteiger partial charge in [0.05, 0.1) is 11.5 Å². The largest absolute Gasteiger partial charge is 0.493 e. The Morgan fingerprint density at radius 2 is 2.00 bits per heavy atom. The van der Waals surface area contributed by atoms with Crippen molar-refractivity contribution < 1.29 is 14.1 Å². The van der Waals surface area contributed by atoms with E-state index in [-0.39, 0.29) is 18.2 Å². The molecular formula is C16H17BFNO3. The van der Waals surface area contributed by atoms with Crippen LogP contribution in [0.1, 0.15) is 5.56 Å². The summed E-state index contributed by atoms with van der Waals surface area (Å²) < 4.78 is 19.4. The van der Waals surface area contributed by atoms with Crippen LogP contribution in [-0.2, 0) is 6.42 Å². The first-order valence-electron chi connectivity index (χ1n) is 7.13. The lowest BCUT2D eigenvalue weighted by Crippen LogP contribution is -2.25. The number of non-ortho nitro benzene ring substituents is 1. The molecule has 0 spiro atoms. The minimum Gasteiger partial charge on any atom is -0.493 e. The SMILES string of the molecule is CB(C)c1ccc(OCCc2cccc([N+](=O)[O-])c2)cc1F. The fraction of sp³-hybridized carbons (Fsp3) is 0.250. The normalized spacial score (nSPS) is 10.3. The second-order valence-electron chi connectivity index (χ2n) is 5.36. The quantitative estimate of drug-likeness (QED) is 0.467. The summed E-state index contributed by atoms with van der Waals surface area (Å²) in [7, 11) is 0. The molecule has 0 saturated heterocycles.